The van der Waals surface area contributed by atoms with E-state index in [1.165, 1.54) is 9.71 Å². The van der Waals surface area contributed by atoms with E-state index in [1.54, 1.807) is 6.08 Å². The van der Waals surface area contributed by atoms with E-state index in [0.717, 1.165) is 31.5 Å². The molecule has 1 N–H and O–H groups in total. The lowest BCUT2D eigenvalue weighted by atomic mass is 9.97. The second kappa shape index (κ2) is 10.0. The van der Waals surface area contributed by atoms with Crippen LogP contribution in [0.5, 0.6) is 0 Å². The molecular formula is C21H29N3O4S. The number of carbonyl (C=O) groups is 2. The van der Waals surface area contributed by atoms with Crippen LogP contribution in [-0.4, -0.2) is 62.2 Å². The maximum absolute atomic E-state index is 12.5. The van der Waals surface area contributed by atoms with Gasteiger partial charge in [0.2, 0.25) is 21.8 Å². The van der Waals surface area contributed by atoms with E-state index in [0.29, 0.717) is 38.9 Å². The number of sulfonamides is 1. The van der Waals surface area contributed by atoms with Gasteiger partial charge >= 0.3 is 0 Å². The first-order valence-electron chi connectivity index (χ1n) is 10.2. The van der Waals surface area contributed by atoms with Gasteiger partial charge in [0, 0.05) is 50.5 Å². The van der Waals surface area contributed by atoms with Gasteiger partial charge in [0.05, 0.1) is 0 Å². The summed E-state index contributed by atoms with van der Waals surface area (Å²) in [7, 11) is -3.50. The number of likely N-dealkylation sites (tertiary alicyclic amines) is 1. The first-order chi connectivity index (χ1) is 14.0. The predicted octanol–water partition coefficient (Wildman–Crippen LogP) is 1.83. The van der Waals surface area contributed by atoms with Crippen LogP contribution in [0.25, 0.3) is 6.08 Å². The highest BCUT2D eigenvalue weighted by molar-refractivity contribution is 7.92. The van der Waals surface area contributed by atoms with Gasteiger partial charge in [0.1, 0.15) is 0 Å². The molecule has 2 fully saturated rings. The zero-order valence-electron chi connectivity index (χ0n) is 16.6. The highest BCUT2D eigenvalue weighted by Gasteiger charge is 2.30. The van der Waals surface area contributed by atoms with Crippen LogP contribution in [0.2, 0.25) is 0 Å². The third-order valence-corrected chi connectivity index (χ3v) is 7.08. The molecule has 0 bridgehead atoms. The maximum atomic E-state index is 12.5. The van der Waals surface area contributed by atoms with Crippen molar-refractivity contribution in [2.45, 2.75) is 32.1 Å². The summed E-state index contributed by atoms with van der Waals surface area (Å²) < 4.78 is 26.4. The molecule has 2 aliphatic rings. The van der Waals surface area contributed by atoms with E-state index in [1.807, 2.05) is 35.2 Å². The second-order valence-corrected chi connectivity index (χ2v) is 9.38. The van der Waals surface area contributed by atoms with Gasteiger partial charge in [-0.15, -0.1) is 0 Å². The fourth-order valence-electron chi connectivity index (χ4n) is 3.75. The molecule has 29 heavy (non-hydrogen) atoms. The molecule has 0 aromatic heterocycles. The Balaban J connectivity index is 1.41. The van der Waals surface area contributed by atoms with Crippen LogP contribution < -0.4 is 5.32 Å². The monoisotopic (exact) mass is 419 g/mol. The van der Waals surface area contributed by atoms with Crippen molar-refractivity contribution in [2.24, 2.45) is 5.92 Å². The van der Waals surface area contributed by atoms with Gasteiger partial charge in [0.15, 0.2) is 0 Å². The number of piperidine rings is 1. The molecule has 7 nitrogen and oxygen atoms in total. The Hall–Kier alpha value is -2.19. The summed E-state index contributed by atoms with van der Waals surface area (Å²) in [6.07, 6.45) is 5.00. The lowest BCUT2D eigenvalue weighted by molar-refractivity contribution is -0.130. The number of hydrogen-bond acceptors (Lipinski definition) is 4. The number of rotatable bonds is 7. The van der Waals surface area contributed by atoms with Gasteiger partial charge in [-0.05, 0) is 37.3 Å². The second-order valence-electron chi connectivity index (χ2n) is 7.56. The van der Waals surface area contributed by atoms with Gasteiger partial charge in [0.25, 0.3) is 0 Å². The number of nitrogens with one attached hydrogen (secondary N) is 1. The SMILES string of the molecule is O=C(NCCC(=O)N1CCCC1)C1CCN(S(=O)(=O)C=Cc2ccccc2)CC1. The summed E-state index contributed by atoms with van der Waals surface area (Å²) in [4.78, 5) is 26.2. The van der Waals surface area contributed by atoms with Crippen LogP contribution in [0.15, 0.2) is 35.7 Å². The Bertz CT molecular complexity index is 825. The lowest BCUT2D eigenvalue weighted by Crippen LogP contribution is -2.43. The molecule has 0 saturated carbocycles. The summed E-state index contributed by atoms with van der Waals surface area (Å²) in [6, 6.07) is 9.28. The topological polar surface area (TPSA) is 86.8 Å². The number of benzene rings is 1. The highest BCUT2D eigenvalue weighted by atomic mass is 32.2. The third-order valence-electron chi connectivity index (χ3n) is 5.51. The summed E-state index contributed by atoms with van der Waals surface area (Å²) in [6.45, 7) is 2.63. The van der Waals surface area contributed by atoms with Crippen LogP contribution in [0.3, 0.4) is 0 Å². The van der Waals surface area contributed by atoms with Crippen molar-refractivity contribution in [1.29, 1.82) is 0 Å². The third kappa shape index (κ3) is 6.14. The molecule has 3 rings (SSSR count). The van der Waals surface area contributed by atoms with Crippen LogP contribution in [0, 0.1) is 5.92 Å². The largest absolute Gasteiger partial charge is 0.355 e. The molecule has 0 atom stereocenters. The molecular weight excluding hydrogens is 390 g/mol. The molecule has 2 amide bonds. The molecule has 0 unspecified atom stereocenters. The average molecular weight is 420 g/mol. The summed E-state index contributed by atoms with van der Waals surface area (Å²) in [5.41, 5.74) is 0.828. The normalized spacial score (nSPS) is 19.0. The van der Waals surface area contributed by atoms with E-state index >= 15 is 0 Å². The standard InChI is InChI=1S/C21H29N3O4S/c25-20(23-13-4-5-14-23)8-12-22-21(26)19-9-15-24(16-10-19)29(27,28)17-11-18-6-2-1-3-7-18/h1-3,6-7,11,17,19H,4-5,8-10,12-16H2,(H,22,26). The molecule has 2 saturated heterocycles. The smallest absolute Gasteiger partial charge is 0.236 e. The number of amides is 2. The van der Waals surface area contributed by atoms with Crippen molar-refractivity contribution in [3.63, 3.8) is 0 Å². The minimum atomic E-state index is -3.50. The Morgan fingerprint density at radius 1 is 1.03 bits per heavy atom. The summed E-state index contributed by atoms with van der Waals surface area (Å²) in [5.74, 6) is -0.202. The lowest BCUT2D eigenvalue weighted by Gasteiger charge is -2.29. The molecule has 1 aromatic carbocycles. The van der Waals surface area contributed by atoms with E-state index in [2.05, 4.69) is 5.32 Å². The Kier molecular flexibility index (Phi) is 7.44. The van der Waals surface area contributed by atoms with Crippen molar-refractivity contribution < 1.29 is 18.0 Å². The molecule has 0 radical (unpaired) electrons. The molecule has 8 heteroatoms. The molecule has 0 aliphatic carbocycles. The zero-order valence-corrected chi connectivity index (χ0v) is 17.4. The van der Waals surface area contributed by atoms with Crippen LogP contribution in [-0.2, 0) is 19.6 Å². The highest BCUT2D eigenvalue weighted by Crippen LogP contribution is 2.21. The van der Waals surface area contributed by atoms with Gasteiger partial charge in [-0.25, -0.2) is 8.42 Å². The van der Waals surface area contributed by atoms with Gasteiger partial charge in [-0.3, -0.25) is 9.59 Å². The molecule has 2 heterocycles. The van der Waals surface area contributed by atoms with Gasteiger partial charge < -0.3 is 10.2 Å². The van der Waals surface area contributed by atoms with E-state index in [4.69, 9.17) is 0 Å². The van der Waals surface area contributed by atoms with E-state index < -0.39 is 10.0 Å². The fraction of sp³-hybridized carbons (Fsp3) is 0.524. The van der Waals surface area contributed by atoms with Crippen molar-refractivity contribution in [3.05, 3.63) is 41.3 Å². The summed E-state index contributed by atoms with van der Waals surface area (Å²) >= 11 is 0. The first kappa shape index (κ1) is 21.5. The minimum Gasteiger partial charge on any atom is -0.355 e. The molecule has 1 aromatic rings. The van der Waals surface area contributed by atoms with Crippen LogP contribution in [0.1, 0.15) is 37.7 Å². The number of nitrogens with zero attached hydrogens (tertiary/aromatic N) is 2. The van der Waals surface area contributed by atoms with E-state index in [-0.39, 0.29) is 17.7 Å². The maximum Gasteiger partial charge on any atom is 0.236 e. The summed E-state index contributed by atoms with van der Waals surface area (Å²) in [5, 5.41) is 4.07. The first-order valence-corrected chi connectivity index (χ1v) is 11.7. The van der Waals surface area contributed by atoms with E-state index in [9.17, 15) is 18.0 Å². The van der Waals surface area contributed by atoms with Crippen molar-refractivity contribution in [1.82, 2.24) is 14.5 Å². The van der Waals surface area contributed by atoms with Crippen molar-refractivity contribution >= 4 is 27.9 Å². The molecule has 158 valence electrons. The van der Waals surface area contributed by atoms with Gasteiger partial charge in [-0.2, -0.15) is 4.31 Å². The van der Waals surface area contributed by atoms with Crippen LogP contribution in [0.4, 0.5) is 0 Å². The number of carbonyl (C=O) groups excluding carboxylic acids is 2. The predicted molar refractivity (Wildman–Crippen MR) is 112 cm³/mol. The Labute approximate surface area is 172 Å². The fourth-order valence-corrected chi connectivity index (χ4v) is 4.97. The average Bonchev–Trinajstić information content (AvgIpc) is 3.28. The van der Waals surface area contributed by atoms with Crippen LogP contribution >= 0.6 is 0 Å². The molecule has 0 spiro atoms. The Morgan fingerprint density at radius 2 is 1.69 bits per heavy atom. The van der Waals surface area contributed by atoms with Gasteiger partial charge in [-0.1, -0.05) is 30.3 Å². The zero-order chi connectivity index (χ0) is 20.7. The Morgan fingerprint density at radius 3 is 2.34 bits per heavy atom. The van der Waals surface area contributed by atoms with Crippen molar-refractivity contribution in [3.8, 4) is 0 Å². The minimum absolute atomic E-state index is 0.0869. The van der Waals surface area contributed by atoms with Crippen molar-refractivity contribution in [2.75, 3.05) is 32.7 Å². The molecule has 2 aliphatic heterocycles. The number of hydrogen-bond donors (Lipinski definition) is 1. The quantitative estimate of drug-likeness (QED) is 0.730.